The normalized spacial score (nSPS) is 17.4. The van der Waals surface area contributed by atoms with Crippen molar-refractivity contribution in [3.63, 3.8) is 0 Å². The number of likely N-dealkylation sites (tertiary alicyclic amines) is 1. The molecule has 1 aliphatic heterocycles. The second-order valence-corrected chi connectivity index (χ2v) is 6.82. The van der Waals surface area contributed by atoms with E-state index in [1.807, 2.05) is 4.90 Å². The summed E-state index contributed by atoms with van der Waals surface area (Å²) >= 11 is 12.0. The van der Waals surface area contributed by atoms with E-state index in [1.165, 1.54) is 11.8 Å². The maximum absolute atomic E-state index is 12.1. The van der Waals surface area contributed by atoms with Gasteiger partial charge in [0.1, 0.15) is 6.04 Å². The number of benzene rings is 1. The van der Waals surface area contributed by atoms with Crippen LogP contribution < -0.4 is 0 Å². The Morgan fingerprint density at radius 1 is 1.35 bits per heavy atom. The van der Waals surface area contributed by atoms with Gasteiger partial charge in [0.05, 0.1) is 22.8 Å². The summed E-state index contributed by atoms with van der Waals surface area (Å²) in [6, 6.07) is 4.44. The third-order valence-electron chi connectivity index (χ3n) is 4.36. The maximum Gasteiger partial charge on any atom is 0.358 e. The molecule has 3 rings (SSSR count). The minimum absolute atomic E-state index is 0.148. The Labute approximate surface area is 160 Å². The molecule has 2 aromatic rings. The van der Waals surface area contributed by atoms with Gasteiger partial charge in [-0.15, -0.1) is 0 Å². The zero-order chi connectivity index (χ0) is 18.8. The Morgan fingerprint density at radius 2 is 2.12 bits per heavy atom. The molecule has 1 fully saturated rings. The lowest BCUT2D eigenvalue weighted by molar-refractivity contribution is -0.142. The second-order valence-electron chi connectivity index (χ2n) is 6.00. The van der Waals surface area contributed by atoms with Gasteiger partial charge < -0.3 is 9.84 Å². The van der Waals surface area contributed by atoms with Crippen LogP contribution >= 0.6 is 23.2 Å². The summed E-state index contributed by atoms with van der Waals surface area (Å²) in [5.41, 5.74) is 1.37. The number of hydrogen-bond donors (Lipinski definition) is 1. The molecule has 138 valence electrons. The number of esters is 1. The first-order valence-corrected chi connectivity index (χ1v) is 8.75. The molecule has 0 radical (unpaired) electrons. The van der Waals surface area contributed by atoms with Crippen LogP contribution in [0.3, 0.4) is 0 Å². The summed E-state index contributed by atoms with van der Waals surface area (Å²) in [7, 11) is 1.28. The number of methoxy groups -OCH3 is 1. The Morgan fingerprint density at radius 3 is 2.77 bits per heavy atom. The van der Waals surface area contributed by atoms with Crippen molar-refractivity contribution in [2.45, 2.75) is 25.4 Å². The van der Waals surface area contributed by atoms with Crippen LogP contribution in [-0.4, -0.2) is 51.4 Å². The fourth-order valence-corrected chi connectivity index (χ4v) is 3.36. The molecule has 1 aromatic carbocycles. The fourth-order valence-electron chi connectivity index (χ4n) is 3.07. The molecule has 1 aromatic heterocycles. The van der Waals surface area contributed by atoms with Gasteiger partial charge >= 0.3 is 11.9 Å². The molecule has 7 nitrogen and oxygen atoms in total. The first-order valence-electron chi connectivity index (χ1n) is 8.00. The summed E-state index contributed by atoms with van der Waals surface area (Å²) in [5, 5.41) is 14.4. The van der Waals surface area contributed by atoms with Crippen molar-refractivity contribution < 1.29 is 19.4 Å². The molecule has 26 heavy (non-hydrogen) atoms. The number of hydrogen-bond acceptors (Lipinski definition) is 5. The SMILES string of the molecule is COC(=O)c1nn(-c2ccc(Cl)c(Cl)c2)cc1CN1CCC[C@H]1C(=O)O. The van der Waals surface area contributed by atoms with Gasteiger partial charge in [0.25, 0.3) is 0 Å². The predicted octanol–water partition coefficient (Wildman–Crippen LogP) is 3.01. The number of carboxylic acid groups (broad SMARTS) is 1. The lowest BCUT2D eigenvalue weighted by atomic mass is 10.2. The molecule has 1 atom stereocenters. The van der Waals surface area contributed by atoms with Gasteiger partial charge in [0.2, 0.25) is 0 Å². The van der Waals surface area contributed by atoms with Crippen molar-refractivity contribution >= 4 is 35.1 Å². The molecule has 1 saturated heterocycles. The van der Waals surface area contributed by atoms with Crippen molar-refractivity contribution in [2.24, 2.45) is 0 Å². The highest BCUT2D eigenvalue weighted by molar-refractivity contribution is 6.42. The number of aromatic nitrogens is 2. The Balaban J connectivity index is 1.95. The molecule has 1 N–H and O–H groups in total. The minimum atomic E-state index is -0.862. The molecule has 0 amide bonds. The molecule has 2 heterocycles. The number of carboxylic acids is 1. The van der Waals surface area contributed by atoms with Crippen molar-refractivity contribution in [2.75, 3.05) is 13.7 Å². The molecule has 0 bridgehead atoms. The number of ether oxygens (including phenoxy) is 1. The smallest absolute Gasteiger partial charge is 0.358 e. The largest absolute Gasteiger partial charge is 0.480 e. The third-order valence-corrected chi connectivity index (χ3v) is 5.10. The summed E-state index contributed by atoms with van der Waals surface area (Å²) in [5.74, 6) is -1.44. The van der Waals surface area contributed by atoms with Crippen molar-refractivity contribution in [1.82, 2.24) is 14.7 Å². The highest BCUT2D eigenvalue weighted by atomic mass is 35.5. The van der Waals surface area contributed by atoms with Crippen LogP contribution in [0.25, 0.3) is 5.69 Å². The van der Waals surface area contributed by atoms with Gasteiger partial charge in [0, 0.05) is 18.3 Å². The van der Waals surface area contributed by atoms with Crippen LogP contribution in [0.15, 0.2) is 24.4 Å². The van der Waals surface area contributed by atoms with E-state index in [9.17, 15) is 14.7 Å². The molecule has 0 spiro atoms. The zero-order valence-electron chi connectivity index (χ0n) is 14.0. The Bertz CT molecular complexity index is 853. The fraction of sp³-hybridized carbons (Fsp3) is 0.353. The van der Waals surface area contributed by atoms with Crippen LogP contribution in [0, 0.1) is 0 Å². The number of carbonyl (C=O) groups is 2. The van der Waals surface area contributed by atoms with E-state index in [0.717, 1.165) is 6.42 Å². The monoisotopic (exact) mass is 397 g/mol. The number of aliphatic carboxylic acids is 1. The first-order chi connectivity index (χ1) is 12.4. The Kier molecular flexibility index (Phi) is 5.50. The number of rotatable bonds is 5. The zero-order valence-corrected chi connectivity index (χ0v) is 15.5. The predicted molar refractivity (Wildman–Crippen MR) is 96.0 cm³/mol. The van der Waals surface area contributed by atoms with Crippen molar-refractivity contribution in [3.8, 4) is 5.69 Å². The van der Waals surface area contributed by atoms with Gasteiger partial charge in [-0.05, 0) is 37.6 Å². The number of carbonyl (C=O) groups excluding carboxylic acids is 1. The van der Waals surface area contributed by atoms with Gasteiger partial charge in [-0.1, -0.05) is 23.2 Å². The summed E-state index contributed by atoms with van der Waals surface area (Å²) in [6.45, 7) is 0.943. The van der Waals surface area contributed by atoms with Gasteiger partial charge in [-0.3, -0.25) is 9.69 Å². The maximum atomic E-state index is 12.1. The van der Waals surface area contributed by atoms with Gasteiger partial charge in [-0.25, -0.2) is 9.48 Å². The molecular formula is C17H17Cl2N3O4. The quantitative estimate of drug-likeness (QED) is 0.780. The van der Waals surface area contributed by atoms with Crippen LogP contribution in [0.5, 0.6) is 0 Å². The third kappa shape index (κ3) is 3.70. The van der Waals surface area contributed by atoms with E-state index in [2.05, 4.69) is 5.10 Å². The Hall–Kier alpha value is -2.09. The first kappa shape index (κ1) is 18.7. The lowest BCUT2D eigenvalue weighted by Crippen LogP contribution is -2.35. The van der Waals surface area contributed by atoms with E-state index in [4.69, 9.17) is 27.9 Å². The van der Waals surface area contributed by atoms with Gasteiger partial charge in [-0.2, -0.15) is 5.10 Å². The number of nitrogens with zero attached hydrogens (tertiary/aromatic N) is 3. The van der Waals surface area contributed by atoms with Crippen LogP contribution in [0.2, 0.25) is 10.0 Å². The molecule has 0 saturated carbocycles. The molecule has 9 heteroatoms. The second kappa shape index (κ2) is 7.65. The summed E-state index contributed by atoms with van der Waals surface area (Å²) in [6.07, 6.45) is 3.07. The topological polar surface area (TPSA) is 84.7 Å². The van der Waals surface area contributed by atoms with E-state index in [0.29, 0.717) is 40.8 Å². The molecule has 1 aliphatic rings. The van der Waals surface area contributed by atoms with Crippen LogP contribution in [0.4, 0.5) is 0 Å². The minimum Gasteiger partial charge on any atom is -0.480 e. The van der Waals surface area contributed by atoms with E-state index in [-0.39, 0.29) is 5.69 Å². The average Bonchev–Trinajstić information content (AvgIpc) is 3.24. The van der Waals surface area contributed by atoms with E-state index < -0.39 is 18.0 Å². The standard InChI is InChI=1S/C17H17Cl2N3O4/c1-26-17(25)15-10(8-21-6-2-3-14(21)16(23)24)9-22(20-15)11-4-5-12(18)13(19)7-11/h4-5,7,9,14H,2-3,6,8H2,1H3,(H,23,24)/t14-/m0/s1. The van der Waals surface area contributed by atoms with Crippen molar-refractivity contribution in [1.29, 1.82) is 0 Å². The van der Waals surface area contributed by atoms with Crippen LogP contribution in [-0.2, 0) is 16.1 Å². The van der Waals surface area contributed by atoms with E-state index in [1.54, 1.807) is 24.4 Å². The molecular weight excluding hydrogens is 381 g/mol. The summed E-state index contributed by atoms with van der Waals surface area (Å²) < 4.78 is 6.32. The van der Waals surface area contributed by atoms with Crippen LogP contribution in [0.1, 0.15) is 28.9 Å². The molecule has 0 aliphatic carbocycles. The van der Waals surface area contributed by atoms with E-state index >= 15 is 0 Å². The molecule has 0 unspecified atom stereocenters. The summed E-state index contributed by atoms with van der Waals surface area (Å²) in [4.78, 5) is 25.3. The van der Waals surface area contributed by atoms with Gasteiger partial charge in [0.15, 0.2) is 5.69 Å². The van der Waals surface area contributed by atoms with Crippen molar-refractivity contribution in [3.05, 3.63) is 45.7 Å². The average molecular weight is 398 g/mol. The number of halogens is 2. The highest BCUT2D eigenvalue weighted by Crippen LogP contribution is 2.26. The lowest BCUT2D eigenvalue weighted by Gasteiger charge is -2.20. The highest BCUT2D eigenvalue weighted by Gasteiger charge is 2.32.